The molecule has 0 aliphatic carbocycles. The van der Waals surface area contributed by atoms with Gasteiger partial charge in [0, 0.05) is 5.39 Å². The molecule has 2 aromatic rings. The molecule has 0 radical (unpaired) electrons. The average molecular weight is 262 g/mol. The number of fused-ring (bicyclic) bond motifs is 1. The van der Waals surface area contributed by atoms with E-state index in [1.54, 1.807) is 24.1 Å². The van der Waals surface area contributed by atoms with Crippen LogP contribution in [0.3, 0.4) is 0 Å². The van der Waals surface area contributed by atoms with Crippen LogP contribution in [0.4, 0.5) is 0 Å². The van der Waals surface area contributed by atoms with E-state index in [0.29, 0.717) is 22.9 Å². The molecule has 2 rings (SSSR count). The summed E-state index contributed by atoms with van der Waals surface area (Å²) in [4.78, 5) is 13.7. The van der Waals surface area contributed by atoms with Gasteiger partial charge in [-0.3, -0.25) is 9.69 Å². The molecule has 0 bridgehead atoms. The second-order valence-corrected chi connectivity index (χ2v) is 4.48. The van der Waals surface area contributed by atoms with Gasteiger partial charge in [0.05, 0.1) is 18.1 Å². The minimum absolute atomic E-state index is 0.111. The highest BCUT2D eigenvalue weighted by atomic mass is 35.5. The summed E-state index contributed by atoms with van der Waals surface area (Å²) in [5.41, 5.74) is 0.544. The van der Waals surface area contributed by atoms with E-state index >= 15 is 0 Å². The van der Waals surface area contributed by atoms with Crippen molar-refractivity contribution in [3.63, 3.8) is 0 Å². The number of hydrogen-bond acceptors (Lipinski definition) is 3. The Morgan fingerprint density at radius 3 is 3.00 bits per heavy atom. The number of carbonyl (C=O) groups is 1. The molecule has 3 nitrogen and oxygen atoms in total. The smallest absolute Gasteiger partial charge is 0.211 e. The second-order valence-electron chi connectivity index (χ2n) is 4.07. The lowest BCUT2D eigenvalue weighted by molar-refractivity contribution is 0.0927. The lowest BCUT2D eigenvalue weighted by atomic mass is 10.2. The fourth-order valence-corrected chi connectivity index (χ4v) is 1.92. The third-order valence-electron chi connectivity index (χ3n) is 2.55. The van der Waals surface area contributed by atoms with Crippen LogP contribution < -0.4 is 0 Å². The van der Waals surface area contributed by atoms with Crippen molar-refractivity contribution >= 4 is 28.4 Å². The van der Waals surface area contributed by atoms with E-state index in [0.717, 1.165) is 5.39 Å². The Hall–Kier alpha value is -1.76. The van der Waals surface area contributed by atoms with Crippen molar-refractivity contribution in [2.45, 2.75) is 0 Å². The van der Waals surface area contributed by atoms with Crippen LogP contribution in [0.1, 0.15) is 10.6 Å². The molecular weight excluding hydrogens is 250 g/mol. The van der Waals surface area contributed by atoms with Crippen molar-refractivity contribution in [3.8, 4) is 12.3 Å². The Balaban J connectivity index is 2.24. The normalized spacial score (nSPS) is 10.8. The van der Waals surface area contributed by atoms with E-state index in [-0.39, 0.29) is 12.3 Å². The maximum Gasteiger partial charge on any atom is 0.211 e. The lowest BCUT2D eigenvalue weighted by Gasteiger charge is -2.10. The lowest BCUT2D eigenvalue weighted by Crippen LogP contribution is -2.26. The maximum atomic E-state index is 12.0. The van der Waals surface area contributed by atoms with Gasteiger partial charge in [0.2, 0.25) is 5.78 Å². The molecule has 0 amide bonds. The number of Topliss-reactive ketones (excluding diaryl/α,β-unsaturated/α-hetero) is 1. The van der Waals surface area contributed by atoms with Crippen LogP contribution in [0.25, 0.3) is 11.0 Å². The van der Waals surface area contributed by atoms with Gasteiger partial charge in [0.25, 0.3) is 0 Å². The first-order chi connectivity index (χ1) is 8.61. The number of nitrogens with zero attached hydrogens (tertiary/aromatic N) is 1. The van der Waals surface area contributed by atoms with Gasteiger partial charge >= 0.3 is 0 Å². The molecule has 18 heavy (non-hydrogen) atoms. The molecule has 0 fully saturated rings. The zero-order valence-electron chi connectivity index (χ0n) is 9.94. The number of furan rings is 1. The monoisotopic (exact) mass is 261 g/mol. The first kappa shape index (κ1) is 12.7. The van der Waals surface area contributed by atoms with Crippen molar-refractivity contribution in [2.24, 2.45) is 0 Å². The third kappa shape index (κ3) is 2.56. The van der Waals surface area contributed by atoms with E-state index in [2.05, 4.69) is 5.92 Å². The Labute approximate surface area is 110 Å². The second kappa shape index (κ2) is 5.26. The van der Waals surface area contributed by atoms with E-state index < -0.39 is 0 Å². The molecule has 0 atom stereocenters. The largest absolute Gasteiger partial charge is 0.451 e. The molecule has 0 aliphatic heterocycles. The first-order valence-corrected chi connectivity index (χ1v) is 5.83. The molecule has 0 spiro atoms. The van der Waals surface area contributed by atoms with Gasteiger partial charge in [0.1, 0.15) is 0 Å². The third-order valence-corrected chi connectivity index (χ3v) is 2.84. The highest BCUT2D eigenvalue weighted by Crippen LogP contribution is 2.26. The Morgan fingerprint density at radius 1 is 1.56 bits per heavy atom. The number of terminal acetylenes is 1. The number of carbonyl (C=O) groups excluding carboxylic acids is 1. The Bertz CT molecular complexity index is 624. The molecule has 1 aromatic heterocycles. The fourth-order valence-electron chi connectivity index (χ4n) is 1.70. The molecule has 92 valence electrons. The van der Waals surface area contributed by atoms with E-state index in [1.807, 2.05) is 12.1 Å². The van der Waals surface area contributed by atoms with Gasteiger partial charge < -0.3 is 4.42 Å². The molecule has 0 unspecified atom stereocenters. The highest BCUT2D eigenvalue weighted by Gasteiger charge is 2.15. The number of benzene rings is 1. The molecule has 0 aliphatic rings. The standard InChI is InChI=1S/C14H12ClNO2/c1-3-7-16(2)9-12(17)13-8-10-5-4-6-11(15)14(10)18-13/h1,4-6,8H,7,9H2,2H3. The summed E-state index contributed by atoms with van der Waals surface area (Å²) < 4.78 is 5.48. The fraction of sp³-hybridized carbons (Fsp3) is 0.214. The van der Waals surface area contributed by atoms with E-state index in [9.17, 15) is 4.79 Å². The van der Waals surface area contributed by atoms with Gasteiger partial charge in [-0.25, -0.2) is 0 Å². The highest BCUT2D eigenvalue weighted by molar-refractivity contribution is 6.34. The van der Waals surface area contributed by atoms with Crippen LogP contribution in [0.15, 0.2) is 28.7 Å². The van der Waals surface area contributed by atoms with Gasteiger partial charge in [-0.1, -0.05) is 29.7 Å². The molecule has 0 saturated carbocycles. The Morgan fingerprint density at radius 2 is 2.33 bits per heavy atom. The zero-order chi connectivity index (χ0) is 13.1. The van der Waals surface area contributed by atoms with Crippen molar-refractivity contribution < 1.29 is 9.21 Å². The predicted octanol–water partition coefficient (Wildman–Crippen LogP) is 2.83. The first-order valence-electron chi connectivity index (χ1n) is 5.45. The summed E-state index contributed by atoms with van der Waals surface area (Å²) in [5.74, 6) is 2.68. The SMILES string of the molecule is C#CCN(C)CC(=O)c1cc2cccc(Cl)c2o1. The van der Waals surface area contributed by atoms with Crippen LogP contribution in [0, 0.1) is 12.3 Å². The molecule has 4 heteroatoms. The van der Waals surface area contributed by atoms with Crippen molar-refractivity contribution in [2.75, 3.05) is 20.1 Å². The minimum Gasteiger partial charge on any atom is -0.451 e. The number of halogens is 1. The van der Waals surface area contributed by atoms with Crippen LogP contribution in [-0.4, -0.2) is 30.8 Å². The molecule has 1 aromatic carbocycles. The number of hydrogen-bond donors (Lipinski definition) is 0. The summed E-state index contributed by atoms with van der Waals surface area (Å²) in [6, 6.07) is 7.10. The van der Waals surface area contributed by atoms with Crippen molar-refractivity contribution in [3.05, 3.63) is 35.0 Å². The summed E-state index contributed by atoms with van der Waals surface area (Å²) in [6.07, 6.45) is 5.18. The van der Waals surface area contributed by atoms with Crippen molar-refractivity contribution in [1.82, 2.24) is 4.90 Å². The van der Waals surface area contributed by atoms with Crippen LogP contribution in [-0.2, 0) is 0 Å². The minimum atomic E-state index is -0.111. The maximum absolute atomic E-state index is 12.0. The topological polar surface area (TPSA) is 33.5 Å². The Kier molecular flexibility index (Phi) is 3.71. The quantitative estimate of drug-likeness (QED) is 0.627. The summed E-state index contributed by atoms with van der Waals surface area (Å²) in [7, 11) is 1.79. The van der Waals surface area contributed by atoms with Crippen LogP contribution in [0.2, 0.25) is 5.02 Å². The molecular formula is C14H12ClNO2. The predicted molar refractivity (Wildman–Crippen MR) is 71.9 cm³/mol. The van der Waals surface area contributed by atoms with Gasteiger partial charge in [-0.2, -0.15) is 0 Å². The molecule has 1 heterocycles. The summed E-state index contributed by atoms with van der Waals surface area (Å²) in [6.45, 7) is 0.647. The van der Waals surface area contributed by atoms with E-state index in [4.69, 9.17) is 22.4 Å². The number of rotatable bonds is 4. The number of likely N-dealkylation sites (N-methyl/N-ethyl adjacent to an activating group) is 1. The van der Waals surface area contributed by atoms with Crippen LogP contribution >= 0.6 is 11.6 Å². The zero-order valence-corrected chi connectivity index (χ0v) is 10.7. The van der Waals surface area contributed by atoms with Gasteiger partial charge in [-0.15, -0.1) is 6.42 Å². The average Bonchev–Trinajstić information content (AvgIpc) is 2.74. The summed E-state index contributed by atoms with van der Waals surface area (Å²) >= 11 is 5.99. The van der Waals surface area contributed by atoms with E-state index in [1.165, 1.54) is 0 Å². The number of para-hydroxylation sites is 1. The van der Waals surface area contributed by atoms with Gasteiger partial charge in [0.15, 0.2) is 11.3 Å². The molecule has 0 N–H and O–H groups in total. The summed E-state index contributed by atoms with van der Waals surface area (Å²) in [5, 5.41) is 1.33. The number of ketones is 1. The van der Waals surface area contributed by atoms with Crippen molar-refractivity contribution in [1.29, 1.82) is 0 Å². The molecule has 0 saturated heterocycles. The van der Waals surface area contributed by atoms with Crippen LogP contribution in [0.5, 0.6) is 0 Å². The van der Waals surface area contributed by atoms with Gasteiger partial charge in [-0.05, 0) is 19.2 Å².